The summed E-state index contributed by atoms with van der Waals surface area (Å²) in [5, 5.41) is 11.2. The van der Waals surface area contributed by atoms with E-state index in [1.165, 1.54) is 98.7 Å². The van der Waals surface area contributed by atoms with E-state index in [0.29, 0.717) is 11.8 Å². The van der Waals surface area contributed by atoms with E-state index < -0.39 is 0 Å². The van der Waals surface area contributed by atoms with Gasteiger partial charge >= 0.3 is 0 Å². The lowest BCUT2D eigenvalue weighted by atomic mass is 9.63. The van der Waals surface area contributed by atoms with Crippen molar-refractivity contribution in [1.82, 2.24) is 0 Å². The Bertz CT molecular complexity index is 2580. The van der Waals surface area contributed by atoms with Gasteiger partial charge in [-0.3, -0.25) is 0 Å². The van der Waals surface area contributed by atoms with Crippen LogP contribution in [0.4, 0.5) is 0 Å². The van der Waals surface area contributed by atoms with Gasteiger partial charge < -0.3 is 0 Å². The Kier molecular flexibility index (Phi) is 5.82. The third kappa shape index (κ3) is 3.51. The molecule has 9 rings (SSSR count). The zero-order valence-corrected chi connectivity index (χ0v) is 29.7. The molecule has 0 amide bonds. The molecule has 48 heavy (non-hydrogen) atoms. The Balaban J connectivity index is 1.57. The van der Waals surface area contributed by atoms with Crippen molar-refractivity contribution in [3.8, 4) is 22.3 Å². The van der Waals surface area contributed by atoms with Crippen LogP contribution in [-0.2, 0) is 10.8 Å². The van der Waals surface area contributed by atoms with Gasteiger partial charge in [-0.15, -0.1) is 0 Å². The van der Waals surface area contributed by atoms with Crippen LogP contribution in [0.25, 0.3) is 77.5 Å². The lowest BCUT2D eigenvalue weighted by Crippen LogP contribution is -2.26. The maximum absolute atomic E-state index is 4.20. The molecule has 0 nitrogen and oxygen atoms in total. The van der Waals surface area contributed by atoms with Crippen molar-refractivity contribution in [3.05, 3.63) is 130 Å². The van der Waals surface area contributed by atoms with Crippen LogP contribution in [0.1, 0.15) is 112 Å². The molecule has 0 saturated carbocycles. The highest BCUT2D eigenvalue weighted by Gasteiger charge is 2.40. The van der Waals surface area contributed by atoms with E-state index in [1.807, 2.05) is 12.2 Å². The van der Waals surface area contributed by atoms with Crippen LogP contribution < -0.4 is 0 Å². The Morgan fingerprint density at radius 2 is 0.917 bits per heavy atom. The summed E-state index contributed by atoms with van der Waals surface area (Å²) in [5.41, 5.74) is 16.0. The molecule has 0 atom stereocenters. The van der Waals surface area contributed by atoms with Gasteiger partial charge in [-0.05, 0) is 158 Å². The fourth-order valence-corrected chi connectivity index (χ4v) is 9.62. The second-order valence-electron chi connectivity index (χ2n) is 16.2. The van der Waals surface area contributed by atoms with Crippen molar-refractivity contribution in [2.75, 3.05) is 0 Å². The summed E-state index contributed by atoms with van der Waals surface area (Å²) in [6.07, 6.45) is 3.97. The number of fused-ring (bicyclic) bond motifs is 5. The van der Waals surface area contributed by atoms with Crippen molar-refractivity contribution < 1.29 is 0 Å². The van der Waals surface area contributed by atoms with E-state index in [4.69, 9.17) is 0 Å². The highest BCUT2D eigenvalue weighted by Crippen LogP contribution is 2.59. The van der Waals surface area contributed by atoms with Gasteiger partial charge in [0.25, 0.3) is 0 Å². The Labute approximate surface area is 285 Å². The zero-order valence-electron chi connectivity index (χ0n) is 29.7. The predicted octanol–water partition coefficient (Wildman–Crippen LogP) is 13.9. The molecule has 0 aliphatic heterocycles. The smallest absolute Gasteiger partial charge is 0.0159 e. The largest absolute Gasteiger partial charge is 0.0984 e. The number of benzene rings is 7. The predicted molar refractivity (Wildman–Crippen MR) is 211 cm³/mol. The average molecular weight is 621 g/mol. The highest BCUT2D eigenvalue weighted by atomic mass is 14.4. The summed E-state index contributed by atoms with van der Waals surface area (Å²) >= 11 is 0. The standard InChI is InChI=1S/C48H44/c1-11-27-17-33-37-21-35-32(26(5)6)24-42-44-38(34-18-29-15-13-14-16-30(29)20-40(34)48(42,9)10)22-36-31(25(3)4)23-41(43(37)45(36)46(35)44)47(7,8)39(33)19-28(27)12-2/h11-26H,1-2H2,3-10H3. The number of hydrogen-bond donors (Lipinski definition) is 0. The van der Waals surface area contributed by atoms with Gasteiger partial charge in [-0.25, -0.2) is 0 Å². The van der Waals surface area contributed by atoms with Gasteiger partial charge in [0.1, 0.15) is 0 Å². The van der Waals surface area contributed by atoms with Crippen molar-refractivity contribution in [2.24, 2.45) is 0 Å². The first-order valence-corrected chi connectivity index (χ1v) is 17.7. The molecule has 0 heterocycles. The zero-order chi connectivity index (χ0) is 33.6. The molecule has 0 fully saturated rings. The maximum Gasteiger partial charge on any atom is 0.0159 e. The van der Waals surface area contributed by atoms with Crippen molar-refractivity contribution in [3.63, 3.8) is 0 Å². The van der Waals surface area contributed by atoms with Gasteiger partial charge in [0.15, 0.2) is 0 Å². The molecule has 2 aliphatic carbocycles. The van der Waals surface area contributed by atoms with Crippen LogP contribution >= 0.6 is 0 Å². The Hall–Kier alpha value is -4.68. The molecule has 7 aromatic rings. The van der Waals surface area contributed by atoms with Crippen LogP contribution in [0.5, 0.6) is 0 Å². The van der Waals surface area contributed by atoms with Crippen LogP contribution in [0.3, 0.4) is 0 Å². The van der Waals surface area contributed by atoms with E-state index in [2.05, 4.69) is 141 Å². The lowest BCUT2D eigenvalue weighted by molar-refractivity contribution is 0.642. The summed E-state index contributed by atoms with van der Waals surface area (Å²) in [7, 11) is 0. The molecule has 0 radical (unpaired) electrons. The first-order chi connectivity index (χ1) is 22.9. The van der Waals surface area contributed by atoms with E-state index in [9.17, 15) is 0 Å². The molecule has 236 valence electrons. The molecule has 0 aromatic heterocycles. The molecule has 0 N–H and O–H groups in total. The van der Waals surface area contributed by atoms with Crippen molar-refractivity contribution in [2.45, 2.75) is 78.1 Å². The monoisotopic (exact) mass is 620 g/mol. The van der Waals surface area contributed by atoms with Crippen LogP contribution in [0, 0.1) is 0 Å². The molecule has 0 saturated heterocycles. The van der Waals surface area contributed by atoms with Gasteiger partial charge in [-0.2, -0.15) is 0 Å². The lowest BCUT2D eigenvalue weighted by Gasteiger charge is -2.40. The summed E-state index contributed by atoms with van der Waals surface area (Å²) in [5.74, 6) is 0.761. The number of rotatable bonds is 4. The minimum Gasteiger partial charge on any atom is -0.0984 e. The fraction of sp³-hybridized carbons (Fsp3) is 0.250. The maximum atomic E-state index is 4.20. The first kappa shape index (κ1) is 29.5. The van der Waals surface area contributed by atoms with E-state index in [0.717, 1.165) is 11.1 Å². The van der Waals surface area contributed by atoms with Gasteiger partial charge in [0, 0.05) is 10.8 Å². The third-order valence-corrected chi connectivity index (χ3v) is 12.2. The van der Waals surface area contributed by atoms with E-state index in [1.54, 1.807) is 0 Å². The SMILES string of the molecule is C=Cc1cc2c(cc1C=C)C(C)(C)c1cc(C(C)C)c3cc4c5c(cc(C(C)C)c6cc-2c1c3c65)C(C)(C)c1cc2ccccc2cc1-4. The molecule has 0 bridgehead atoms. The summed E-state index contributed by atoms with van der Waals surface area (Å²) in [6.45, 7) is 27.6. The van der Waals surface area contributed by atoms with Gasteiger partial charge in [0.2, 0.25) is 0 Å². The third-order valence-electron chi connectivity index (χ3n) is 12.2. The van der Waals surface area contributed by atoms with Crippen LogP contribution in [0.15, 0.2) is 86.0 Å². The van der Waals surface area contributed by atoms with Crippen molar-refractivity contribution >= 4 is 55.2 Å². The van der Waals surface area contributed by atoms with Crippen LogP contribution in [0.2, 0.25) is 0 Å². The molecular weight excluding hydrogens is 577 g/mol. The summed E-state index contributed by atoms with van der Waals surface area (Å²) < 4.78 is 0. The van der Waals surface area contributed by atoms with Crippen molar-refractivity contribution in [1.29, 1.82) is 0 Å². The van der Waals surface area contributed by atoms with E-state index >= 15 is 0 Å². The Morgan fingerprint density at radius 3 is 1.40 bits per heavy atom. The molecule has 0 spiro atoms. The highest BCUT2D eigenvalue weighted by molar-refractivity contribution is 6.33. The average Bonchev–Trinajstić information content (AvgIpc) is 3.07. The van der Waals surface area contributed by atoms with Gasteiger partial charge in [0.05, 0.1) is 0 Å². The molecule has 7 aromatic carbocycles. The molecule has 2 aliphatic rings. The molecule has 0 unspecified atom stereocenters. The quantitative estimate of drug-likeness (QED) is 0.172. The molecular formula is C48H44. The summed E-state index contributed by atoms with van der Waals surface area (Å²) in [4.78, 5) is 0. The number of hydrogen-bond acceptors (Lipinski definition) is 0. The topological polar surface area (TPSA) is 0 Å². The fourth-order valence-electron chi connectivity index (χ4n) is 9.62. The van der Waals surface area contributed by atoms with Gasteiger partial charge in [-0.1, -0.05) is 117 Å². The Morgan fingerprint density at radius 1 is 0.479 bits per heavy atom. The second kappa shape index (κ2) is 9.48. The summed E-state index contributed by atoms with van der Waals surface area (Å²) in [6, 6.07) is 28.9. The first-order valence-electron chi connectivity index (χ1n) is 17.7. The minimum atomic E-state index is -0.180. The molecule has 0 heteroatoms. The second-order valence-corrected chi connectivity index (χ2v) is 16.2. The normalized spacial score (nSPS) is 15.5. The van der Waals surface area contributed by atoms with E-state index in [-0.39, 0.29) is 10.8 Å². The minimum absolute atomic E-state index is 0.145. The van der Waals surface area contributed by atoms with Crippen LogP contribution in [-0.4, -0.2) is 0 Å².